The lowest BCUT2D eigenvalue weighted by Gasteiger charge is -1.80. The molecule has 0 aliphatic heterocycles. The molecule has 0 spiro atoms. The Morgan fingerprint density at radius 1 is 2.00 bits per heavy atom. The highest BCUT2D eigenvalue weighted by atomic mass is 16.4. The first kappa shape index (κ1) is 5.49. The smallest absolute Gasteiger partial charge is 0.406 e. The molecule has 0 unspecified atom stereocenters. The molecule has 0 amide bonds. The molecule has 0 aliphatic carbocycles. The van der Waals surface area contributed by atoms with E-state index in [1.54, 1.807) is 0 Å². The van der Waals surface area contributed by atoms with Crippen LogP contribution in [0.15, 0.2) is 0 Å². The number of carbonyl (C=O) groups is 1. The molecule has 0 aromatic rings. The highest BCUT2D eigenvalue weighted by molar-refractivity contribution is 6.66. The zero-order valence-electron chi connectivity index (χ0n) is 3.47. The lowest BCUT2D eigenvalue weighted by Crippen LogP contribution is -2.06. The summed E-state index contributed by atoms with van der Waals surface area (Å²) in [6.45, 7) is 0. The lowest BCUT2D eigenvalue weighted by atomic mass is 10.0. The van der Waals surface area contributed by atoms with Gasteiger partial charge in [-0.2, -0.15) is 0 Å². The highest BCUT2D eigenvalue weighted by Crippen LogP contribution is 1.61. The van der Waals surface area contributed by atoms with E-state index in [0.717, 1.165) is 0 Å². The van der Waals surface area contributed by atoms with Crippen molar-refractivity contribution in [3.05, 3.63) is 0 Å². The fraction of sp³-hybridized carbons (Fsp3) is 0.500. The molecule has 1 N–H and O–H groups in total. The lowest BCUT2D eigenvalue weighted by molar-refractivity contribution is 0.215. The van der Waals surface area contributed by atoms with Gasteiger partial charge < -0.3 is 9.76 Å². The Morgan fingerprint density at radius 3 is 2.50 bits per heavy atom. The van der Waals surface area contributed by atoms with Gasteiger partial charge in [-0.05, 0) is 0 Å². The van der Waals surface area contributed by atoms with Gasteiger partial charge in [0.2, 0.25) is 0 Å². The summed E-state index contributed by atoms with van der Waals surface area (Å²) in [4.78, 5) is 9.47. The Bertz CT molecular complexity index is 52.8. The standard InChI is InChI=1S/C2H5BO3/c1-6-3-2(4)5/h3H,1H3,(H,4,5). The third kappa shape index (κ3) is 3.49. The number of hydrogen-bond donors (Lipinski definition) is 1. The topological polar surface area (TPSA) is 46.5 Å². The Balaban J connectivity index is 2.83. The van der Waals surface area contributed by atoms with Crippen LogP contribution < -0.4 is 0 Å². The maximum Gasteiger partial charge on any atom is 0.406 e. The Kier molecular flexibility index (Phi) is 2.49. The van der Waals surface area contributed by atoms with Gasteiger partial charge in [-0.25, -0.2) is 0 Å². The highest BCUT2D eigenvalue weighted by Gasteiger charge is 1.94. The molecule has 0 radical (unpaired) electrons. The second kappa shape index (κ2) is 2.72. The number of carboxylic acid groups (broad SMARTS) is 1. The van der Waals surface area contributed by atoms with E-state index in [-0.39, 0.29) is 7.48 Å². The molecule has 0 aromatic carbocycles. The van der Waals surface area contributed by atoms with Gasteiger partial charge in [0, 0.05) is 7.11 Å². The molecular weight excluding hydrogens is 82.8 g/mol. The molecule has 0 rings (SSSR count). The van der Waals surface area contributed by atoms with E-state index in [1.165, 1.54) is 7.11 Å². The van der Waals surface area contributed by atoms with Crippen LogP contribution >= 0.6 is 0 Å². The minimum Gasteiger partial charge on any atom is -0.487 e. The summed E-state index contributed by atoms with van der Waals surface area (Å²) in [5.41, 5.74) is 0. The van der Waals surface area contributed by atoms with Crippen molar-refractivity contribution in [2.75, 3.05) is 7.11 Å². The fourth-order valence-corrected chi connectivity index (χ4v) is 0.123. The van der Waals surface area contributed by atoms with E-state index in [9.17, 15) is 4.79 Å². The molecule has 0 atom stereocenters. The zero-order chi connectivity index (χ0) is 4.99. The molecule has 0 fully saturated rings. The van der Waals surface area contributed by atoms with E-state index >= 15 is 0 Å². The number of hydrogen-bond acceptors (Lipinski definition) is 2. The Hall–Kier alpha value is -0.505. The summed E-state index contributed by atoms with van der Waals surface area (Å²) in [5.74, 6) is -0.933. The first-order valence-electron chi connectivity index (χ1n) is 1.48. The summed E-state index contributed by atoms with van der Waals surface area (Å²) in [6, 6.07) is 0. The third-order valence-corrected chi connectivity index (χ3v) is 0.268. The van der Waals surface area contributed by atoms with Crippen LogP contribution in [-0.4, -0.2) is 25.6 Å². The van der Waals surface area contributed by atoms with Crippen LogP contribution in [0.5, 0.6) is 0 Å². The van der Waals surface area contributed by atoms with Gasteiger partial charge in [-0.3, -0.25) is 4.79 Å². The fourth-order valence-electron chi connectivity index (χ4n) is 0.123. The van der Waals surface area contributed by atoms with Gasteiger partial charge in [0.05, 0.1) is 0 Å². The molecule has 6 heavy (non-hydrogen) atoms. The van der Waals surface area contributed by atoms with Gasteiger partial charge in [0.15, 0.2) is 0 Å². The molecule has 4 heteroatoms. The maximum absolute atomic E-state index is 9.47. The number of rotatable bonds is 2. The van der Waals surface area contributed by atoms with Crippen LogP contribution in [0, 0.1) is 0 Å². The summed E-state index contributed by atoms with van der Waals surface area (Å²) in [5, 5.41) is 7.79. The Morgan fingerprint density at radius 2 is 2.50 bits per heavy atom. The molecule has 0 heterocycles. The SMILES string of the molecule is COBC(=O)O. The van der Waals surface area contributed by atoms with Crippen molar-refractivity contribution in [1.29, 1.82) is 0 Å². The van der Waals surface area contributed by atoms with Crippen molar-refractivity contribution >= 4 is 13.4 Å². The second-order valence-corrected chi connectivity index (χ2v) is 0.827. The van der Waals surface area contributed by atoms with Crippen LogP contribution in [0.2, 0.25) is 0 Å². The first-order chi connectivity index (χ1) is 2.77. The van der Waals surface area contributed by atoms with Crippen LogP contribution in [0.25, 0.3) is 0 Å². The second-order valence-electron chi connectivity index (χ2n) is 0.827. The van der Waals surface area contributed by atoms with Crippen molar-refractivity contribution in [3.8, 4) is 0 Å². The quantitative estimate of drug-likeness (QED) is 0.469. The average Bonchev–Trinajstić information content (AvgIpc) is 1.35. The molecule has 0 saturated carbocycles. The van der Waals surface area contributed by atoms with E-state index in [2.05, 4.69) is 4.65 Å². The van der Waals surface area contributed by atoms with Crippen LogP contribution in [0.1, 0.15) is 0 Å². The summed E-state index contributed by atoms with van der Waals surface area (Å²) in [7, 11) is 1.13. The largest absolute Gasteiger partial charge is 0.487 e. The van der Waals surface area contributed by atoms with E-state index < -0.39 is 5.87 Å². The summed E-state index contributed by atoms with van der Waals surface area (Å²) >= 11 is 0. The van der Waals surface area contributed by atoms with Gasteiger partial charge in [-0.1, -0.05) is 0 Å². The van der Waals surface area contributed by atoms with Gasteiger partial charge in [-0.15, -0.1) is 0 Å². The minimum absolute atomic E-state index is 0.208. The summed E-state index contributed by atoms with van der Waals surface area (Å²) < 4.78 is 4.20. The van der Waals surface area contributed by atoms with Gasteiger partial charge >= 0.3 is 7.48 Å². The molecular formula is C2H5BO3. The normalized spacial score (nSPS) is 7.50. The van der Waals surface area contributed by atoms with Crippen molar-refractivity contribution < 1.29 is 14.6 Å². The molecule has 0 aliphatic rings. The Labute approximate surface area is 36.2 Å². The van der Waals surface area contributed by atoms with Crippen LogP contribution in [0.3, 0.4) is 0 Å². The van der Waals surface area contributed by atoms with Crippen LogP contribution in [-0.2, 0) is 4.65 Å². The van der Waals surface area contributed by atoms with E-state index in [0.29, 0.717) is 0 Å². The van der Waals surface area contributed by atoms with E-state index in [1.807, 2.05) is 0 Å². The van der Waals surface area contributed by atoms with Gasteiger partial charge in [0.25, 0.3) is 5.87 Å². The third-order valence-electron chi connectivity index (χ3n) is 0.268. The first-order valence-corrected chi connectivity index (χ1v) is 1.48. The maximum atomic E-state index is 9.47. The molecule has 0 aromatic heterocycles. The van der Waals surface area contributed by atoms with Crippen molar-refractivity contribution in [2.24, 2.45) is 0 Å². The van der Waals surface area contributed by atoms with Crippen molar-refractivity contribution in [3.63, 3.8) is 0 Å². The predicted octanol–water partition coefficient (Wildman–Crippen LogP) is -0.338. The predicted molar refractivity (Wildman–Crippen MR) is 22.2 cm³/mol. The van der Waals surface area contributed by atoms with Crippen LogP contribution in [0.4, 0.5) is 4.79 Å². The van der Waals surface area contributed by atoms with Gasteiger partial charge in [0.1, 0.15) is 0 Å². The molecule has 3 nitrogen and oxygen atoms in total. The van der Waals surface area contributed by atoms with Crippen molar-refractivity contribution in [1.82, 2.24) is 0 Å². The summed E-state index contributed by atoms with van der Waals surface area (Å²) in [6.07, 6.45) is 0. The monoisotopic (exact) mass is 88.0 g/mol. The average molecular weight is 87.9 g/mol. The minimum atomic E-state index is -0.933. The molecule has 34 valence electrons. The molecule has 0 bridgehead atoms. The zero-order valence-corrected chi connectivity index (χ0v) is 3.47. The molecule has 0 saturated heterocycles. The van der Waals surface area contributed by atoms with E-state index in [4.69, 9.17) is 5.11 Å². The van der Waals surface area contributed by atoms with Crippen molar-refractivity contribution in [2.45, 2.75) is 0 Å².